The summed E-state index contributed by atoms with van der Waals surface area (Å²) in [6.45, 7) is 1.02. The minimum absolute atomic E-state index is 0.0217. The molecule has 3 aliphatic rings. The number of benzene rings is 1. The lowest BCUT2D eigenvalue weighted by molar-refractivity contribution is -0.125. The van der Waals surface area contributed by atoms with Crippen LogP contribution in [0.4, 0.5) is 16.2 Å². The lowest BCUT2D eigenvalue weighted by Gasteiger charge is -2.33. The summed E-state index contributed by atoms with van der Waals surface area (Å²) in [5.74, 6) is -0.212. The molecular formula is C16H18N2O8S. The Morgan fingerprint density at radius 3 is 2.81 bits per heavy atom. The van der Waals surface area contributed by atoms with E-state index in [1.54, 1.807) is 23.1 Å². The number of rotatable bonds is 4. The van der Waals surface area contributed by atoms with E-state index in [1.807, 2.05) is 0 Å². The van der Waals surface area contributed by atoms with E-state index in [4.69, 9.17) is 18.8 Å². The summed E-state index contributed by atoms with van der Waals surface area (Å²) in [6.07, 6.45) is -1.32. The van der Waals surface area contributed by atoms with Gasteiger partial charge in [0.25, 0.3) is 16.0 Å². The van der Waals surface area contributed by atoms with E-state index in [-0.39, 0.29) is 25.5 Å². The minimum Gasteiger partial charge on any atom is -0.489 e. The lowest BCUT2D eigenvalue weighted by Crippen LogP contribution is -2.45. The zero-order valence-corrected chi connectivity index (χ0v) is 15.1. The average Bonchev–Trinajstić information content (AvgIpc) is 2.96. The smallest absolute Gasteiger partial charge is 0.415 e. The second-order valence-electron chi connectivity index (χ2n) is 6.50. The van der Waals surface area contributed by atoms with Gasteiger partial charge in [0.15, 0.2) is 0 Å². The van der Waals surface area contributed by atoms with Crippen molar-refractivity contribution in [3.8, 4) is 5.75 Å². The van der Waals surface area contributed by atoms with Gasteiger partial charge in [-0.15, -0.1) is 0 Å². The number of hydrogen-bond donors (Lipinski definition) is 1. The van der Waals surface area contributed by atoms with Crippen molar-refractivity contribution >= 4 is 33.5 Å². The zero-order valence-electron chi connectivity index (χ0n) is 14.2. The van der Waals surface area contributed by atoms with Crippen molar-refractivity contribution in [1.29, 1.82) is 0 Å². The van der Waals surface area contributed by atoms with Crippen LogP contribution in [0.2, 0.25) is 0 Å². The van der Waals surface area contributed by atoms with E-state index >= 15 is 0 Å². The molecule has 0 radical (unpaired) electrons. The van der Waals surface area contributed by atoms with E-state index in [2.05, 4.69) is 0 Å². The molecule has 0 aliphatic carbocycles. The van der Waals surface area contributed by atoms with Gasteiger partial charge in [0, 0.05) is 24.7 Å². The zero-order chi connectivity index (χ0) is 19.2. The SMILES string of the molecule is O=C1COCCN1c1ccc2c(c1)OC[C@H]1[C@@H](CCS(=O)(=O)O)OC(=O)N21. The van der Waals surface area contributed by atoms with Crippen LogP contribution in [0, 0.1) is 0 Å². The van der Waals surface area contributed by atoms with Gasteiger partial charge < -0.3 is 19.1 Å². The fraction of sp³-hybridized carbons (Fsp3) is 0.500. The Hall–Kier alpha value is -2.37. The predicted molar refractivity (Wildman–Crippen MR) is 92.7 cm³/mol. The second kappa shape index (κ2) is 6.66. The van der Waals surface area contributed by atoms with Crippen molar-refractivity contribution in [3.63, 3.8) is 0 Å². The summed E-state index contributed by atoms with van der Waals surface area (Å²) in [7, 11) is -4.15. The molecule has 1 aromatic rings. The fourth-order valence-corrected chi connectivity index (χ4v) is 4.02. The predicted octanol–water partition coefficient (Wildman–Crippen LogP) is 0.414. The fourth-order valence-electron chi connectivity index (χ4n) is 3.49. The molecule has 0 aromatic heterocycles. The van der Waals surface area contributed by atoms with Gasteiger partial charge in [0.1, 0.15) is 31.1 Å². The second-order valence-corrected chi connectivity index (χ2v) is 8.07. The van der Waals surface area contributed by atoms with Gasteiger partial charge in [-0.1, -0.05) is 0 Å². The molecule has 4 rings (SSSR count). The largest absolute Gasteiger partial charge is 0.489 e. The quantitative estimate of drug-likeness (QED) is 0.724. The van der Waals surface area contributed by atoms with Crippen molar-refractivity contribution in [2.24, 2.45) is 0 Å². The summed E-state index contributed by atoms with van der Waals surface area (Å²) in [5, 5.41) is 0. The van der Waals surface area contributed by atoms with Crippen LogP contribution >= 0.6 is 0 Å². The number of morpholine rings is 1. The van der Waals surface area contributed by atoms with Gasteiger partial charge in [-0.25, -0.2) is 4.79 Å². The topological polar surface area (TPSA) is 123 Å². The van der Waals surface area contributed by atoms with Gasteiger partial charge >= 0.3 is 6.09 Å². The van der Waals surface area contributed by atoms with Crippen LogP contribution < -0.4 is 14.5 Å². The van der Waals surface area contributed by atoms with E-state index < -0.39 is 34.1 Å². The van der Waals surface area contributed by atoms with E-state index in [1.165, 1.54) is 4.90 Å². The molecule has 11 heteroatoms. The number of nitrogens with zero attached hydrogens (tertiary/aromatic N) is 2. The first-order valence-corrected chi connectivity index (χ1v) is 10.0. The molecule has 0 bridgehead atoms. The molecule has 2 atom stereocenters. The number of hydrogen-bond acceptors (Lipinski definition) is 7. The summed E-state index contributed by atoms with van der Waals surface area (Å²) in [6, 6.07) is 4.59. The molecule has 2 amide bonds. The Bertz CT molecular complexity index is 886. The summed E-state index contributed by atoms with van der Waals surface area (Å²) >= 11 is 0. The molecule has 0 saturated carbocycles. The molecular weight excluding hydrogens is 380 g/mol. The first-order chi connectivity index (χ1) is 12.8. The highest BCUT2D eigenvalue weighted by molar-refractivity contribution is 7.85. The first kappa shape index (κ1) is 18.0. The van der Waals surface area contributed by atoms with Crippen molar-refractivity contribution in [2.45, 2.75) is 18.6 Å². The van der Waals surface area contributed by atoms with Gasteiger partial charge in [0.2, 0.25) is 0 Å². The number of carbonyl (C=O) groups is 2. The highest BCUT2D eigenvalue weighted by atomic mass is 32.2. The van der Waals surface area contributed by atoms with Crippen molar-refractivity contribution < 1.29 is 36.8 Å². The summed E-state index contributed by atoms with van der Waals surface area (Å²) in [4.78, 5) is 27.3. The van der Waals surface area contributed by atoms with Crippen LogP contribution in [-0.2, 0) is 24.4 Å². The van der Waals surface area contributed by atoms with Gasteiger partial charge in [-0.05, 0) is 12.1 Å². The van der Waals surface area contributed by atoms with E-state index in [0.29, 0.717) is 30.3 Å². The molecule has 3 heterocycles. The molecule has 0 unspecified atom stereocenters. The summed E-state index contributed by atoms with van der Waals surface area (Å²) < 4.78 is 47.0. The maximum absolute atomic E-state index is 12.3. The molecule has 2 saturated heterocycles. The van der Waals surface area contributed by atoms with Crippen LogP contribution in [0.15, 0.2) is 18.2 Å². The Morgan fingerprint density at radius 1 is 1.26 bits per heavy atom. The van der Waals surface area contributed by atoms with Crippen LogP contribution in [0.25, 0.3) is 0 Å². The normalized spacial score (nSPS) is 24.9. The van der Waals surface area contributed by atoms with Crippen molar-refractivity contribution in [2.75, 3.05) is 41.9 Å². The maximum Gasteiger partial charge on any atom is 0.415 e. The number of fused-ring (bicyclic) bond motifs is 3. The Labute approximate surface area is 155 Å². The summed E-state index contributed by atoms with van der Waals surface area (Å²) in [5.41, 5.74) is 1.14. The lowest BCUT2D eigenvalue weighted by atomic mass is 10.1. The number of cyclic esters (lactones) is 1. The maximum atomic E-state index is 12.3. The third-order valence-electron chi connectivity index (χ3n) is 4.78. The standard InChI is InChI=1S/C16H18N2O8S/c19-15-9-24-5-4-17(15)10-1-2-11-14(7-10)25-8-12-13(3-6-27(21,22)23)26-16(20)18(11)12/h1-2,7,12-13H,3-6,8-9H2,(H,21,22,23)/t12-,13+/m0/s1. The van der Waals surface area contributed by atoms with Crippen LogP contribution in [0.5, 0.6) is 5.75 Å². The first-order valence-electron chi connectivity index (χ1n) is 8.43. The highest BCUT2D eigenvalue weighted by Crippen LogP contribution is 2.41. The third kappa shape index (κ3) is 3.45. The van der Waals surface area contributed by atoms with Gasteiger partial charge in [-0.3, -0.25) is 14.2 Å². The molecule has 0 spiro atoms. The highest BCUT2D eigenvalue weighted by Gasteiger charge is 2.46. The van der Waals surface area contributed by atoms with Crippen LogP contribution in [0.1, 0.15) is 6.42 Å². The number of amides is 2. The Morgan fingerprint density at radius 2 is 2.07 bits per heavy atom. The van der Waals surface area contributed by atoms with Gasteiger partial charge in [-0.2, -0.15) is 8.42 Å². The van der Waals surface area contributed by atoms with Gasteiger partial charge in [0.05, 0.1) is 18.0 Å². The number of ether oxygens (including phenoxy) is 3. The Kier molecular flexibility index (Phi) is 4.44. The molecule has 2 fully saturated rings. The molecule has 1 N–H and O–H groups in total. The third-order valence-corrected chi connectivity index (χ3v) is 5.53. The van der Waals surface area contributed by atoms with Crippen molar-refractivity contribution in [1.82, 2.24) is 0 Å². The van der Waals surface area contributed by atoms with Crippen LogP contribution in [0.3, 0.4) is 0 Å². The minimum atomic E-state index is -4.15. The molecule has 1 aromatic carbocycles. The van der Waals surface area contributed by atoms with Crippen molar-refractivity contribution in [3.05, 3.63) is 18.2 Å². The molecule has 10 nitrogen and oxygen atoms in total. The van der Waals surface area contributed by atoms with E-state index in [9.17, 15) is 18.0 Å². The van der Waals surface area contributed by atoms with E-state index in [0.717, 1.165) is 0 Å². The number of carbonyl (C=O) groups excluding carboxylic acids is 2. The molecule has 146 valence electrons. The Balaban J connectivity index is 1.57. The molecule has 27 heavy (non-hydrogen) atoms. The molecule has 3 aliphatic heterocycles. The average molecular weight is 398 g/mol. The number of anilines is 2. The van der Waals surface area contributed by atoms with Crippen LogP contribution in [-0.4, -0.2) is 69.2 Å². The monoisotopic (exact) mass is 398 g/mol.